The number of hydrogen-bond donors (Lipinski definition) is 3. The first kappa shape index (κ1) is 23.7. The average molecular weight is 493 g/mol. The van der Waals surface area contributed by atoms with Gasteiger partial charge in [-0.1, -0.05) is 18.2 Å². The van der Waals surface area contributed by atoms with Crippen LogP contribution in [-0.4, -0.2) is 58.0 Å². The molecule has 0 bridgehead atoms. The minimum Gasteiger partial charge on any atom is -0.468 e. The van der Waals surface area contributed by atoms with E-state index in [1.807, 2.05) is 0 Å². The number of nitrogens with zero attached hydrogens (tertiary/aromatic N) is 4. The zero-order chi connectivity index (χ0) is 24.3. The van der Waals surface area contributed by atoms with Crippen molar-refractivity contribution in [3.05, 3.63) is 47.0 Å². The van der Waals surface area contributed by atoms with Gasteiger partial charge < -0.3 is 15.0 Å². The smallest absolute Gasteiger partial charge is 0.459 e. The second kappa shape index (κ2) is 9.81. The third-order valence-corrected chi connectivity index (χ3v) is 6.51. The normalized spacial score (nSPS) is 18.5. The Hall–Kier alpha value is -3.45. The third-order valence-electron chi connectivity index (χ3n) is 4.87. The Morgan fingerprint density at radius 1 is 1.41 bits per heavy atom. The van der Waals surface area contributed by atoms with E-state index >= 15 is 0 Å². The van der Waals surface area contributed by atoms with Gasteiger partial charge >= 0.3 is 13.7 Å². The molecular formula is C19H24N7O7P. The number of nitrogens with two attached hydrogens (primary N) is 1. The molecule has 4 N–H and O–H groups in total. The Morgan fingerprint density at radius 3 is 2.91 bits per heavy atom. The number of carbonyl (C=O) groups excluding carboxylic acids is 1. The molecule has 0 spiro atoms. The van der Waals surface area contributed by atoms with Crippen LogP contribution in [0.1, 0.15) is 13.3 Å². The number of imidazole rings is 1. The molecule has 3 atom stereocenters. The molecule has 3 aromatic rings. The SMILES string of the molecule is COC(=O)C(C)NP(=O)(OCC1CCN(n2cnc3c(=O)[nH]c(N)nc32)O1)Oc1ccccc1. The van der Waals surface area contributed by atoms with Crippen molar-refractivity contribution in [2.45, 2.75) is 25.5 Å². The van der Waals surface area contributed by atoms with Crippen LogP contribution in [-0.2, 0) is 23.5 Å². The fourth-order valence-electron chi connectivity index (χ4n) is 3.24. The molecule has 1 aliphatic rings. The molecule has 34 heavy (non-hydrogen) atoms. The Labute approximate surface area is 193 Å². The van der Waals surface area contributed by atoms with Gasteiger partial charge in [-0.15, -0.1) is 0 Å². The number of H-pyrrole nitrogens is 1. The molecule has 15 heteroatoms. The quantitative estimate of drug-likeness (QED) is 0.281. The summed E-state index contributed by atoms with van der Waals surface area (Å²) < 4.78 is 30.8. The molecule has 1 aromatic carbocycles. The Morgan fingerprint density at radius 2 is 2.18 bits per heavy atom. The van der Waals surface area contributed by atoms with E-state index in [0.29, 0.717) is 18.7 Å². The van der Waals surface area contributed by atoms with Crippen molar-refractivity contribution in [2.75, 3.05) is 31.2 Å². The van der Waals surface area contributed by atoms with Crippen molar-refractivity contribution >= 4 is 30.8 Å². The van der Waals surface area contributed by atoms with Crippen LogP contribution in [0, 0.1) is 0 Å². The number of benzene rings is 1. The molecule has 4 rings (SSSR count). The number of nitrogens with one attached hydrogen (secondary N) is 2. The summed E-state index contributed by atoms with van der Waals surface area (Å²) in [5, 5.41) is 4.03. The van der Waals surface area contributed by atoms with Gasteiger partial charge in [-0.25, -0.2) is 14.2 Å². The van der Waals surface area contributed by atoms with Crippen molar-refractivity contribution in [1.29, 1.82) is 0 Å². The number of aromatic nitrogens is 4. The minimum absolute atomic E-state index is 0.0527. The van der Waals surface area contributed by atoms with E-state index < -0.39 is 31.4 Å². The van der Waals surface area contributed by atoms with Crippen molar-refractivity contribution < 1.29 is 28.0 Å². The first-order chi connectivity index (χ1) is 16.3. The number of hydroxylamine groups is 1. The molecule has 2 aromatic heterocycles. The van der Waals surface area contributed by atoms with E-state index in [2.05, 4.69) is 24.8 Å². The summed E-state index contributed by atoms with van der Waals surface area (Å²) in [6.07, 6.45) is 1.37. The molecular weight excluding hydrogens is 469 g/mol. The Kier molecular flexibility index (Phi) is 6.84. The number of ether oxygens (including phenoxy) is 1. The lowest BCUT2D eigenvalue weighted by atomic mass is 10.3. The molecule has 0 amide bonds. The fraction of sp³-hybridized carbons (Fsp3) is 0.368. The van der Waals surface area contributed by atoms with Crippen LogP contribution in [0.2, 0.25) is 0 Å². The predicted molar refractivity (Wildman–Crippen MR) is 120 cm³/mol. The van der Waals surface area contributed by atoms with Crippen molar-refractivity contribution in [3.63, 3.8) is 0 Å². The summed E-state index contributed by atoms with van der Waals surface area (Å²) in [5.74, 6) is -0.385. The number of rotatable bonds is 9. The lowest BCUT2D eigenvalue weighted by Gasteiger charge is -2.24. The highest BCUT2D eigenvalue weighted by atomic mass is 31.2. The summed E-state index contributed by atoms with van der Waals surface area (Å²) in [6.45, 7) is 1.77. The zero-order valence-electron chi connectivity index (χ0n) is 18.4. The maximum Gasteiger partial charge on any atom is 0.459 e. The lowest BCUT2D eigenvalue weighted by Crippen LogP contribution is -2.35. The van der Waals surface area contributed by atoms with Crippen LogP contribution in [0.5, 0.6) is 5.75 Å². The highest BCUT2D eigenvalue weighted by Crippen LogP contribution is 2.45. The van der Waals surface area contributed by atoms with Gasteiger partial charge in [0.05, 0.1) is 20.3 Å². The van der Waals surface area contributed by atoms with Gasteiger partial charge in [0.1, 0.15) is 24.2 Å². The fourth-order valence-corrected chi connectivity index (χ4v) is 4.76. The van der Waals surface area contributed by atoms with E-state index in [-0.39, 0.29) is 23.7 Å². The maximum atomic E-state index is 13.4. The van der Waals surface area contributed by atoms with Gasteiger partial charge in [-0.2, -0.15) is 15.2 Å². The van der Waals surface area contributed by atoms with Crippen LogP contribution >= 0.6 is 7.75 Å². The van der Waals surface area contributed by atoms with Crippen LogP contribution in [0.15, 0.2) is 41.5 Å². The Balaban J connectivity index is 1.45. The number of carbonyl (C=O) groups is 1. The number of para-hydroxylation sites is 1. The first-order valence-corrected chi connectivity index (χ1v) is 11.8. The summed E-state index contributed by atoms with van der Waals surface area (Å²) in [5.41, 5.74) is 5.51. The number of esters is 1. The lowest BCUT2D eigenvalue weighted by molar-refractivity contribution is -0.142. The van der Waals surface area contributed by atoms with Crippen LogP contribution in [0.25, 0.3) is 11.2 Å². The molecule has 3 unspecified atom stereocenters. The summed E-state index contributed by atoms with van der Waals surface area (Å²) >= 11 is 0. The van der Waals surface area contributed by atoms with Gasteiger partial charge in [0.25, 0.3) is 5.56 Å². The van der Waals surface area contributed by atoms with E-state index in [0.717, 1.165) is 0 Å². The molecule has 1 aliphatic heterocycles. The number of nitrogen functional groups attached to an aromatic ring is 1. The molecule has 0 aliphatic carbocycles. The Bertz CT molecular complexity index is 1260. The molecule has 1 fully saturated rings. The monoisotopic (exact) mass is 493 g/mol. The molecule has 182 valence electrons. The van der Waals surface area contributed by atoms with Gasteiger partial charge in [-0.3, -0.25) is 23.9 Å². The number of hydrogen-bond acceptors (Lipinski definition) is 11. The largest absolute Gasteiger partial charge is 0.468 e. The zero-order valence-corrected chi connectivity index (χ0v) is 19.3. The summed E-state index contributed by atoms with van der Waals surface area (Å²) in [4.78, 5) is 40.2. The second-order valence-corrected chi connectivity index (χ2v) is 9.07. The summed E-state index contributed by atoms with van der Waals surface area (Å²) in [7, 11) is -2.77. The molecule has 1 saturated heterocycles. The van der Waals surface area contributed by atoms with Crippen molar-refractivity contribution in [1.82, 2.24) is 24.7 Å². The third kappa shape index (κ3) is 5.20. The van der Waals surface area contributed by atoms with Crippen LogP contribution < -0.4 is 26.1 Å². The highest BCUT2D eigenvalue weighted by molar-refractivity contribution is 7.52. The maximum absolute atomic E-state index is 13.4. The topological polar surface area (TPSA) is 176 Å². The van der Waals surface area contributed by atoms with E-state index in [4.69, 9.17) is 19.6 Å². The molecule has 14 nitrogen and oxygen atoms in total. The number of aromatic amines is 1. The van der Waals surface area contributed by atoms with Gasteiger partial charge in [0, 0.05) is 6.42 Å². The average Bonchev–Trinajstić information content (AvgIpc) is 3.44. The van der Waals surface area contributed by atoms with Crippen LogP contribution in [0.4, 0.5) is 5.95 Å². The second-order valence-electron chi connectivity index (χ2n) is 7.38. The van der Waals surface area contributed by atoms with Gasteiger partial charge in [0.15, 0.2) is 11.2 Å². The van der Waals surface area contributed by atoms with Crippen LogP contribution in [0.3, 0.4) is 0 Å². The number of anilines is 1. The van der Waals surface area contributed by atoms with Gasteiger partial charge in [-0.05, 0) is 19.1 Å². The van der Waals surface area contributed by atoms with E-state index in [9.17, 15) is 14.2 Å². The first-order valence-electron chi connectivity index (χ1n) is 10.3. The van der Waals surface area contributed by atoms with E-state index in [1.165, 1.54) is 30.2 Å². The number of methoxy groups -OCH3 is 1. The van der Waals surface area contributed by atoms with Crippen molar-refractivity contribution in [3.8, 4) is 5.75 Å². The standard InChI is InChI=1S/C19H24N7O7P/c1-12(18(28)30-2)24-34(29,33-13-6-4-3-5-7-13)31-10-14-8-9-26(32-14)25-11-21-15-16(25)22-19(20)23-17(15)27/h3-7,11-12,14H,8-10H2,1-2H3,(H,24,29)(H3,20,22,23,27). The summed E-state index contributed by atoms with van der Waals surface area (Å²) in [6, 6.07) is 7.47. The van der Waals surface area contributed by atoms with Crippen molar-refractivity contribution in [2.24, 2.45) is 0 Å². The minimum atomic E-state index is -3.99. The van der Waals surface area contributed by atoms with E-state index in [1.54, 1.807) is 30.3 Å². The molecule has 3 heterocycles. The van der Waals surface area contributed by atoms with Gasteiger partial charge in [0.2, 0.25) is 5.95 Å². The highest BCUT2D eigenvalue weighted by Gasteiger charge is 2.35. The molecule has 0 saturated carbocycles. The number of fused-ring (bicyclic) bond motifs is 1. The predicted octanol–water partition coefficient (Wildman–Crippen LogP) is 0.699. The molecule has 0 radical (unpaired) electrons.